The van der Waals surface area contributed by atoms with Crippen molar-refractivity contribution in [2.75, 3.05) is 32.7 Å². The van der Waals surface area contributed by atoms with Crippen molar-refractivity contribution in [1.29, 1.82) is 0 Å². The van der Waals surface area contributed by atoms with Gasteiger partial charge in [-0.1, -0.05) is 25.1 Å². The summed E-state index contributed by atoms with van der Waals surface area (Å²) in [5.41, 5.74) is 8.67. The van der Waals surface area contributed by atoms with E-state index in [-0.39, 0.29) is 10.7 Å². The highest BCUT2D eigenvalue weighted by Gasteiger charge is 2.22. The summed E-state index contributed by atoms with van der Waals surface area (Å²) >= 11 is 1.22. The van der Waals surface area contributed by atoms with E-state index in [1.165, 1.54) is 17.4 Å². The summed E-state index contributed by atoms with van der Waals surface area (Å²) in [7, 11) is 0. The van der Waals surface area contributed by atoms with Gasteiger partial charge in [-0.15, -0.1) is 11.3 Å². The van der Waals surface area contributed by atoms with Gasteiger partial charge in [0.2, 0.25) is 0 Å². The van der Waals surface area contributed by atoms with Gasteiger partial charge >= 0.3 is 0 Å². The Morgan fingerprint density at radius 1 is 1.17 bits per heavy atom. The SMILES string of the molecule is CCN1CCN(Cc2cc3c(cn2)ncn3-c2cc(OC(C)c3ccccc3F)c(C(N)=O)s2)CC1. The molecule has 0 aliphatic carbocycles. The van der Waals surface area contributed by atoms with Gasteiger partial charge < -0.3 is 15.4 Å². The molecular weight excluding hydrogens is 479 g/mol. The van der Waals surface area contributed by atoms with E-state index in [1.54, 1.807) is 43.7 Å². The quantitative estimate of drug-likeness (QED) is 0.387. The number of hydrogen-bond donors (Lipinski definition) is 1. The number of likely N-dealkylation sites (N-methyl/N-ethyl adjacent to an activating group) is 1. The molecule has 0 spiro atoms. The highest BCUT2D eigenvalue weighted by Crippen LogP contribution is 2.36. The molecule has 1 fully saturated rings. The van der Waals surface area contributed by atoms with Crippen molar-refractivity contribution < 1.29 is 13.9 Å². The van der Waals surface area contributed by atoms with Crippen LogP contribution in [-0.4, -0.2) is 63.0 Å². The number of nitrogens with two attached hydrogens (primary N) is 1. The number of hydrogen-bond acceptors (Lipinski definition) is 7. The first-order valence-electron chi connectivity index (χ1n) is 12.0. The summed E-state index contributed by atoms with van der Waals surface area (Å²) in [5, 5.41) is 0.732. The van der Waals surface area contributed by atoms with E-state index in [4.69, 9.17) is 10.5 Å². The number of halogens is 1. The lowest BCUT2D eigenvalue weighted by Crippen LogP contribution is -2.45. The van der Waals surface area contributed by atoms with E-state index < -0.39 is 12.0 Å². The zero-order valence-corrected chi connectivity index (χ0v) is 21.2. The third-order valence-corrected chi connectivity index (χ3v) is 7.71. The van der Waals surface area contributed by atoms with Crippen LogP contribution in [0.3, 0.4) is 0 Å². The van der Waals surface area contributed by atoms with E-state index in [0.29, 0.717) is 11.3 Å². The largest absolute Gasteiger partial charge is 0.484 e. The number of fused-ring (bicyclic) bond motifs is 1. The van der Waals surface area contributed by atoms with Crippen LogP contribution < -0.4 is 10.5 Å². The molecule has 1 unspecified atom stereocenters. The number of benzene rings is 1. The maximum Gasteiger partial charge on any atom is 0.262 e. The first kappa shape index (κ1) is 24.4. The molecule has 0 bridgehead atoms. The van der Waals surface area contributed by atoms with Crippen molar-refractivity contribution in [1.82, 2.24) is 24.3 Å². The normalized spacial score (nSPS) is 15.9. The number of thiophene rings is 1. The summed E-state index contributed by atoms with van der Waals surface area (Å²) in [6, 6.07) is 10.2. The molecule has 2 N–H and O–H groups in total. The van der Waals surface area contributed by atoms with Gasteiger partial charge in [-0.25, -0.2) is 9.37 Å². The molecular formula is C26H29FN6O2S. The average Bonchev–Trinajstić information content (AvgIpc) is 3.48. The van der Waals surface area contributed by atoms with Crippen molar-refractivity contribution >= 4 is 28.3 Å². The Balaban J connectivity index is 1.42. The van der Waals surface area contributed by atoms with E-state index in [2.05, 4.69) is 26.7 Å². The van der Waals surface area contributed by atoms with Crippen LogP contribution >= 0.6 is 11.3 Å². The molecule has 4 aromatic rings. The lowest BCUT2D eigenvalue weighted by Gasteiger charge is -2.33. The molecule has 5 rings (SSSR count). The minimum atomic E-state index is -0.602. The number of primary amides is 1. The van der Waals surface area contributed by atoms with E-state index in [1.807, 2.05) is 10.6 Å². The topological polar surface area (TPSA) is 89.5 Å². The average molecular weight is 509 g/mol. The zero-order valence-electron chi connectivity index (χ0n) is 20.4. The van der Waals surface area contributed by atoms with Crippen LogP contribution in [-0.2, 0) is 6.54 Å². The number of carbonyl (C=O) groups is 1. The molecule has 4 heterocycles. The van der Waals surface area contributed by atoms with Crippen LogP contribution in [0.1, 0.15) is 40.9 Å². The second-order valence-electron chi connectivity index (χ2n) is 8.91. The fraction of sp³-hybridized carbons (Fsp3) is 0.346. The van der Waals surface area contributed by atoms with Gasteiger partial charge in [0, 0.05) is 44.4 Å². The fourth-order valence-electron chi connectivity index (χ4n) is 4.51. The molecule has 0 radical (unpaired) electrons. The predicted octanol–water partition coefficient (Wildman–Crippen LogP) is 4.00. The van der Waals surface area contributed by atoms with E-state index in [0.717, 1.165) is 61.0 Å². The number of rotatable bonds is 8. The number of nitrogens with zero attached hydrogens (tertiary/aromatic N) is 5. The molecule has 1 aromatic carbocycles. The molecule has 1 amide bonds. The molecule has 10 heteroatoms. The molecule has 1 aliphatic heterocycles. The smallest absolute Gasteiger partial charge is 0.262 e. The second-order valence-corrected chi connectivity index (χ2v) is 9.94. The summed E-state index contributed by atoms with van der Waals surface area (Å²) in [4.78, 5) is 26.4. The van der Waals surface area contributed by atoms with Crippen LogP contribution in [0, 0.1) is 5.82 Å². The monoisotopic (exact) mass is 508 g/mol. The van der Waals surface area contributed by atoms with Gasteiger partial charge in [-0.05, 0) is 25.6 Å². The Hall–Kier alpha value is -3.34. The zero-order chi connectivity index (χ0) is 25.2. The number of aromatic nitrogens is 3. The fourth-order valence-corrected chi connectivity index (χ4v) is 5.43. The van der Waals surface area contributed by atoms with Gasteiger partial charge in [-0.2, -0.15) is 0 Å². The summed E-state index contributed by atoms with van der Waals surface area (Å²) in [6.45, 7) is 9.94. The molecule has 0 saturated carbocycles. The number of amides is 1. The molecule has 1 saturated heterocycles. The van der Waals surface area contributed by atoms with Crippen LogP contribution in [0.25, 0.3) is 16.0 Å². The second kappa shape index (κ2) is 10.3. The Kier molecular flexibility index (Phi) is 6.99. The number of carbonyl (C=O) groups excluding carboxylic acids is 1. The van der Waals surface area contributed by atoms with Crippen LogP contribution in [0.2, 0.25) is 0 Å². The van der Waals surface area contributed by atoms with Gasteiger partial charge in [0.1, 0.15) is 39.4 Å². The first-order chi connectivity index (χ1) is 17.4. The minimum absolute atomic E-state index is 0.276. The Labute approximate surface area is 213 Å². The van der Waals surface area contributed by atoms with Crippen molar-refractivity contribution in [3.63, 3.8) is 0 Å². The number of ether oxygens (including phenoxy) is 1. The van der Waals surface area contributed by atoms with Crippen molar-refractivity contribution in [3.8, 4) is 10.8 Å². The molecule has 1 aliphatic rings. The molecule has 188 valence electrons. The van der Waals surface area contributed by atoms with Crippen molar-refractivity contribution in [2.24, 2.45) is 5.73 Å². The van der Waals surface area contributed by atoms with Crippen LogP contribution in [0.15, 0.2) is 48.9 Å². The first-order valence-corrected chi connectivity index (χ1v) is 12.9. The molecule has 1 atom stereocenters. The van der Waals surface area contributed by atoms with Gasteiger partial charge in [0.15, 0.2) is 0 Å². The Morgan fingerprint density at radius 2 is 1.92 bits per heavy atom. The standard InChI is InChI=1S/C26H29FN6O2S/c1-3-31-8-10-32(11-9-31)15-18-12-22-21(14-29-18)30-16-33(22)24-13-23(25(36-24)26(28)34)35-17(2)19-6-4-5-7-20(19)27/h4-7,12-14,16-17H,3,8-11,15H2,1-2H3,(H2,28,34). The molecule has 8 nitrogen and oxygen atoms in total. The van der Waals surface area contributed by atoms with Crippen molar-refractivity contribution in [2.45, 2.75) is 26.5 Å². The molecule has 3 aromatic heterocycles. The minimum Gasteiger partial charge on any atom is -0.484 e. The summed E-state index contributed by atoms with van der Waals surface area (Å²) in [5.74, 6) is -0.638. The lowest BCUT2D eigenvalue weighted by molar-refractivity contribution is 0.0998. The maximum atomic E-state index is 14.3. The maximum absolute atomic E-state index is 14.3. The summed E-state index contributed by atoms with van der Waals surface area (Å²) < 4.78 is 22.2. The predicted molar refractivity (Wildman–Crippen MR) is 138 cm³/mol. The van der Waals surface area contributed by atoms with Crippen LogP contribution in [0.5, 0.6) is 5.75 Å². The highest BCUT2D eigenvalue weighted by molar-refractivity contribution is 7.16. The highest BCUT2D eigenvalue weighted by atomic mass is 32.1. The third kappa shape index (κ3) is 4.97. The lowest BCUT2D eigenvalue weighted by atomic mass is 10.1. The van der Waals surface area contributed by atoms with Gasteiger partial charge in [0.25, 0.3) is 5.91 Å². The Morgan fingerprint density at radius 3 is 2.64 bits per heavy atom. The van der Waals surface area contributed by atoms with Gasteiger partial charge in [-0.3, -0.25) is 19.2 Å². The number of imidazole rings is 1. The van der Waals surface area contributed by atoms with E-state index >= 15 is 0 Å². The van der Waals surface area contributed by atoms with E-state index in [9.17, 15) is 9.18 Å². The third-order valence-electron chi connectivity index (χ3n) is 6.58. The number of pyridine rings is 1. The summed E-state index contributed by atoms with van der Waals surface area (Å²) in [6.07, 6.45) is 2.89. The van der Waals surface area contributed by atoms with Crippen molar-refractivity contribution in [3.05, 3.63) is 70.9 Å². The molecule has 36 heavy (non-hydrogen) atoms. The van der Waals surface area contributed by atoms with Gasteiger partial charge in [0.05, 0.1) is 17.4 Å². The Bertz CT molecular complexity index is 1380. The number of piperazine rings is 1. The van der Waals surface area contributed by atoms with Crippen LogP contribution in [0.4, 0.5) is 4.39 Å².